The van der Waals surface area contributed by atoms with E-state index in [9.17, 15) is 5.11 Å². The normalized spacial score (nSPS) is 17.2. The highest BCUT2D eigenvalue weighted by Crippen LogP contribution is 2.43. The van der Waals surface area contributed by atoms with Crippen molar-refractivity contribution in [1.29, 1.82) is 0 Å². The lowest BCUT2D eigenvalue weighted by atomic mass is 9.77. The van der Waals surface area contributed by atoms with E-state index in [4.69, 9.17) is 23.2 Å². The van der Waals surface area contributed by atoms with Crippen LogP contribution in [0.15, 0.2) is 30.3 Å². The molecule has 100 valence electrons. The van der Waals surface area contributed by atoms with Gasteiger partial charge in [-0.05, 0) is 36.0 Å². The number of aliphatic hydroxyl groups is 1. The molecule has 0 bridgehead atoms. The summed E-state index contributed by atoms with van der Waals surface area (Å²) in [6.07, 6.45) is 3.01. The van der Waals surface area contributed by atoms with E-state index >= 15 is 0 Å². The van der Waals surface area contributed by atoms with E-state index in [1.165, 1.54) is 36.2 Å². The van der Waals surface area contributed by atoms with Crippen molar-refractivity contribution in [3.63, 3.8) is 0 Å². The van der Waals surface area contributed by atoms with Crippen LogP contribution in [-0.2, 0) is 0 Å². The predicted molar refractivity (Wildman–Crippen MR) is 81.4 cm³/mol. The fraction of sp³-hybridized carbons (Fsp3) is 0.333. The molecule has 1 aromatic carbocycles. The second kappa shape index (κ2) is 5.45. The number of halogens is 2. The molecular formula is C15H14Cl2OS. The summed E-state index contributed by atoms with van der Waals surface area (Å²) in [7, 11) is 0. The minimum atomic E-state index is -0.687. The van der Waals surface area contributed by atoms with Crippen LogP contribution >= 0.6 is 34.5 Å². The summed E-state index contributed by atoms with van der Waals surface area (Å²) in [6, 6.07) is 9.86. The summed E-state index contributed by atoms with van der Waals surface area (Å²) in [6.45, 7) is 0. The number of thiophene rings is 1. The summed E-state index contributed by atoms with van der Waals surface area (Å²) >= 11 is 13.4. The third-order valence-electron chi connectivity index (χ3n) is 3.81. The lowest BCUT2D eigenvalue weighted by Gasteiger charge is -2.29. The van der Waals surface area contributed by atoms with Crippen molar-refractivity contribution in [3.05, 3.63) is 55.7 Å². The Hall–Kier alpha value is -0.540. The number of rotatable bonds is 3. The fourth-order valence-electron chi connectivity index (χ4n) is 2.56. The highest BCUT2D eigenvalue weighted by atomic mass is 35.5. The molecule has 2 aromatic rings. The van der Waals surface area contributed by atoms with Gasteiger partial charge in [0.2, 0.25) is 0 Å². The molecule has 1 nitrogen and oxygen atoms in total. The molecule has 1 aliphatic carbocycles. The summed E-state index contributed by atoms with van der Waals surface area (Å²) in [4.78, 5) is 0. The van der Waals surface area contributed by atoms with Gasteiger partial charge in [0.25, 0.3) is 0 Å². The van der Waals surface area contributed by atoms with Crippen LogP contribution in [0.4, 0.5) is 0 Å². The Balaban J connectivity index is 1.99. The van der Waals surface area contributed by atoms with Crippen molar-refractivity contribution in [2.24, 2.45) is 0 Å². The Kier molecular flexibility index (Phi) is 3.86. The number of hydrogen-bond donors (Lipinski definition) is 1. The molecule has 3 rings (SSSR count). The minimum absolute atomic E-state index is 0.570. The van der Waals surface area contributed by atoms with Crippen LogP contribution in [-0.4, -0.2) is 5.11 Å². The van der Waals surface area contributed by atoms with Gasteiger partial charge in [0.1, 0.15) is 10.4 Å². The summed E-state index contributed by atoms with van der Waals surface area (Å²) < 4.78 is 1.18. The van der Waals surface area contributed by atoms with Crippen LogP contribution in [0.25, 0.3) is 0 Å². The monoisotopic (exact) mass is 312 g/mol. The largest absolute Gasteiger partial charge is 0.384 e. The lowest BCUT2D eigenvalue weighted by Crippen LogP contribution is -2.13. The zero-order valence-corrected chi connectivity index (χ0v) is 12.6. The Bertz CT molecular complexity index is 590. The molecule has 0 spiro atoms. The number of benzene rings is 1. The van der Waals surface area contributed by atoms with E-state index in [0.717, 1.165) is 5.56 Å². The molecule has 4 heteroatoms. The molecule has 0 aliphatic heterocycles. The molecule has 1 fully saturated rings. The average molecular weight is 313 g/mol. The van der Waals surface area contributed by atoms with E-state index in [1.54, 1.807) is 6.07 Å². The maximum absolute atomic E-state index is 10.6. The summed E-state index contributed by atoms with van der Waals surface area (Å²) in [5.41, 5.74) is 2.92. The fourth-order valence-corrected chi connectivity index (χ4v) is 4.08. The van der Waals surface area contributed by atoms with Crippen LogP contribution in [0.1, 0.15) is 48.0 Å². The van der Waals surface area contributed by atoms with Crippen molar-refractivity contribution >= 4 is 34.5 Å². The highest BCUT2D eigenvalue weighted by molar-refractivity contribution is 7.20. The number of aliphatic hydroxyl groups excluding tert-OH is 1. The minimum Gasteiger partial charge on any atom is -0.384 e. The molecule has 0 radical (unpaired) electrons. The van der Waals surface area contributed by atoms with Crippen LogP contribution in [0.3, 0.4) is 0 Å². The standard InChI is InChI=1S/C15H14Cl2OS/c16-13-8-12(15(17)19-13)14(18)11-7-2-1-6-10(11)9-4-3-5-9/h1-2,6-9,14,18H,3-5H2. The van der Waals surface area contributed by atoms with E-state index in [1.807, 2.05) is 18.2 Å². The Labute approximate surface area is 126 Å². The molecule has 1 unspecified atom stereocenters. The van der Waals surface area contributed by atoms with Crippen molar-refractivity contribution < 1.29 is 5.11 Å². The first-order valence-corrected chi connectivity index (χ1v) is 7.95. The molecule has 1 aliphatic rings. The number of hydrogen-bond acceptors (Lipinski definition) is 2. The van der Waals surface area contributed by atoms with Gasteiger partial charge in [-0.3, -0.25) is 0 Å². The van der Waals surface area contributed by atoms with Crippen molar-refractivity contribution in [1.82, 2.24) is 0 Å². The van der Waals surface area contributed by atoms with Gasteiger partial charge >= 0.3 is 0 Å². The van der Waals surface area contributed by atoms with Crippen LogP contribution in [0.2, 0.25) is 8.67 Å². The molecule has 19 heavy (non-hydrogen) atoms. The second-order valence-corrected chi connectivity index (χ2v) is 7.22. The van der Waals surface area contributed by atoms with Gasteiger partial charge < -0.3 is 5.11 Å². The molecule has 1 saturated carbocycles. The van der Waals surface area contributed by atoms with E-state index in [0.29, 0.717) is 20.2 Å². The third-order valence-corrected chi connectivity index (χ3v) is 5.33. The topological polar surface area (TPSA) is 20.2 Å². The second-order valence-electron chi connectivity index (χ2n) is 4.94. The maximum Gasteiger partial charge on any atom is 0.107 e. The van der Waals surface area contributed by atoms with Crippen molar-refractivity contribution in [2.45, 2.75) is 31.3 Å². The average Bonchev–Trinajstić information content (AvgIpc) is 2.66. The van der Waals surface area contributed by atoms with E-state index < -0.39 is 6.10 Å². The quantitative estimate of drug-likeness (QED) is 0.804. The van der Waals surface area contributed by atoms with Crippen LogP contribution in [0, 0.1) is 0 Å². The molecular weight excluding hydrogens is 299 g/mol. The Morgan fingerprint density at radius 1 is 1.16 bits per heavy atom. The van der Waals surface area contributed by atoms with Crippen molar-refractivity contribution in [3.8, 4) is 0 Å². The SMILES string of the molecule is OC(c1ccccc1C1CCC1)c1cc(Cl)sc1Cl. The Morgan fingerprint density at radius 3 is 2.47 bits per heavy atom. The van der Waals surface area contributed by atoms with Crippen LogP contribution < -0.4 is 0 Å². The molecule has 1 aromatic heterocycles. The van der Waals surface area contributed by atoms with Gasteiger partial charge in [0, 0.05) is 5.56 Å². The van der Waals surface area contributed by atoms with E-state index in [2.05, 4.69) is 6.07 Å². The van der Waals surface area contributed by atoms with Crippen LogP contribution in [0.5, 0.6) is 0 Å². The Morgan fingerprint density at radius 2 is 1.89 bits per heavy atom. The highest BCUT2D eigenvalue weighted by Gasteiger charge is 2.26. The lowest BCUT2D eigenvalue weighted by molar-refractivity contribution is 0.217. The molecule has 1 heterocycles. The van der Waals surface area contributed by atoms with Gasteiger partial charge in [-0.15, -0.1) is 11.3 Å². The predicted octanol–water partition coefficient (Wildman–Crippen LogP) is 5.40. The van der Waals surface area contributed by atoms with Gasteiger partial charge in [-0.1, -0.05) is 53.9 Å². The van der Waals surface area contributed by atoms with Gasteiger partial charge in [0.15, 0.2) is 0 Å². The molecule has 1 N–H and O–H groups in total. The van der Waals surface area contributed by atoms with Gasteiger partial charge in [-0.2, -0.15) is 0 Å². The maximum atomic E-state index is 10.6. The molecule has 0 saturated heterocycles. The van der Waals surface area contributed by atoms with Gasteiger partial charge in [0.05, 0.1) is 4.34 Å². The van der Waals surface area contributed by atoms with Crippen molar-refractivity contribution in [2.75, 3.05) is 0 Å². The third kappa shape index (κ3) is 2.55. The first kappa shape index (κ1) is 13.4. The first-order valence-electron chi connectivity index (χ1n) is 6.38. The first-order chi connectivity index (χ1) is 9.16. The summed E-state index contributed by atoms with van der Waals surface area (Å²) in [5, 5.41) is 10.6. The zero-order chi connectivity index (χ0) is 13.4. The van der Waals surface area contributed by atoms with Gasteiger partial charge in [-0.25, -0.2) is 0 Å². The summed E-state index contributed by atoms with van der Waals surface area (Å²) in [5.74, 6) is 0.582. The van der Waals surface area contributed by atoms with E-state index in [-0.39, 0.29) is 0 Å². The zero-order valence-electron chi connectivity index (χ0n) is 10.3. The molecule has 0 amide bonds. The smallest absolute Gasteiger partial charge is 0.107 e. The molecule has 1 atom stereocenters.